The molecule has 1 fully saturated rings. The Morgan fingerprint density at radius 2 is 1.72 bits per heavy atom. The van der Waals surface area contributed by atoms with Gasteiger partial charge in [-0.15, -0.1) is 0 Å². The predicted octanol–water partition coefficient (Wildman–Crippen LogP) is 6.53. The monoisotopic (exact) mass is 446 g/mol. The van der Waals surface area contributed by atoms with Crippen molar-refractivity contribution in [1.82, 2.24) is 0 Å². The average molecular weight is 447 g/mol. The number of rotatable bonds is 17. The molecule has 1 heterocycles. The molecular weight excluding hydrogens is 398 g/mol. The molecule has 0 bridgehead atoms. The first-order valence-corrected chi connectivity index (χ1v) is 13.0. The predicted molar refractivity (Wildman–Crippen MR) is 134 cm³/mol. The average Bonchev–Trinajstić information content (AvgIpc) is 2.79. The van der Waals surface area contributed by atoms with Crippen molar-refractivity contribution in [3.8, 4) is 5.75 Å². The normalized spacial score (nSPS) is 20.8. The van der Waals surface area contributed by atoms with E-state index in [0.29, 0.717) is 25.9 Å². The number of piperidine rings is 1. The largest absolute Gasteiger partial charge is 0.493 e. The van der Waals surface area contributed by atoms with E-state index in [9.17, 15) is 0 Å². The smallest absolute Gasteiger partial charge is 0.146 e. The first-order valence-electron chi connectivity index (χ1n) is 13.0. The summed E-state index contributed by atoms with van der Waals surface area (Å²) in [5.74, 6) is 1.88. The quantitative estimate of drug-likeness (QED) is 0.155. The third kappa shape index (κ3) is 9.54. The third-order valence-electron chi connectivity index (χ3n) is 6.84. The van der Waals surface area contributed by atoms with Crippen molar-refractivity contribution in [3.63, 3.8) is 0 Å². The highest BCUT2D eigenvalue weighted by Crippen LogP contribution is 2.28. The zero-order valence-corrected chi connectivity index (χ0v) is 21.1. The molecule has 0 N–H and O–H groups in total. The highest BCUT2D eigenvalue weighted by molar-refractivity contribution is 5.27. The molecule has 2 rings (SSSR count). The summed E-state index contributed by atoms with van der Waals surface area (Å²) in [7, 11) is 2.32. The van der Waals surface area contributed by atoms with Crippen molar-refractivity contribution in [2.75, 3.05) is 46.6 Å². The van der Waals surface area contributed by atoms with Gasteiger partial charge in [-0.2, -0.15) is 0 Å². The highest BCUT2D eigenvalue weighted by atomic mass is 16.5. The summed E-state index contributed by atoms with van der Waals surface area (Å²) in [5.41, 5.74) is 1.41. The molecule has 1 aromatic carbocycles. The molecule has 0 aromatic heterocycles. The second-order valence-electron chi connectivity index (χ2n) is 9.46. The van der Waals surface area contributed by atoms with Crippen LogP contribution in [-0.4, -0.2) is 57.1 Å². The molecule has 32 heavy (non-hydrogen) atoms. The van der Waals surface area contributed by atoms with Crippen molar-refractivity contribution in [2.45, 2.75) is 84.1 Å². The van der Waals surface area contributed by atoms with Crippen LogP contribution < -0.4 is 4.74 Å². The van der Waals surface area contributed by atoms with Crippen LogP contribution in [0.25, 0.3) is 0 Å². The minimum Gasteiger partial charge on any atom is -0.493 e. The number of nitrogens with zero attached hydrogens (tertiary/aromatic N) is 1. The van der Waals surface area contributed by atoms with Gasteiger partial charge in [0.25, 0.3) is 0 Å². The van der Waals surface area contributed by atoms with Gasteiger partial charge in [0, 0.05) is 6.42 Å². The maximum Gasteiger partial charge on any atom is 0.146 e. The number of quaternary nitrogens is 1. The Bertz CT molecular complexity index is 630. The molecule has 0 amide bonds. The van der Waals surface area contributed by atoms with Crippen LogP contribution in [0.2, 0.25) is 0 Å². The molecule has 4 heteroatoms. The Morgan fingerprint density at radius 3 is 2.47 bits per heavy atom. The fourth-order valence-corrected chi connectivity index (χ4v) is 4.79. The van der Waals surface area contributed by atoms with Gasteiger partial charge in [0.2, 0.25) is 0 Å². The molecule has 0 radical (unpaired) electrons. The van der Waals surface area contributed by atoms with Gasteiger partial charge in [0.05, 0.1) is 33.4 Å². The summed E-state index contributed by atoms with van der Waals surface area (Å²) in [6, 6.07) is 8.98. The zero-order valence-electron chi connectivity index (χ0n) is 21.1. The molecule has 1 aliphatic rings. The lowest BCUT2D eigenvalue weighted by Crippen LogP contribution is -2.57. The number of benzene rings is 1. The van der Waals surface area contributed by atoms with E-state index in [0.717, 1.165) is 35.6 Å². The molecule has 1 aliphatic heterocycles. The fourth-order valence-electron chi connectivity index (χ4n) is 4.79. The van der Waals surface area contributed by atoms with Crippen molar-refractivity contribution in [3.05, 3.63) is 42.2 Å². The van der Waals surface area contributed by atoms with Crippen LogP contribution in [0.15, 0.2) is 36.6 Å². The molecule has 0 spiro atoms. The van der Waals surface area contributed by atoms with Gasteiger partial charge in [-0.1, -0.05) is 57.7 Å². The number of likely N-dealkylation sites (tertiary alicyclic amines) is 1. The number of hydrogen-bond donors (Lipinski definition) is 0. The summed E-state index contributed by atoms with van der Waals surface area (Å²) in [6.07, 6.45) is 12.9. The topological polar surface area (TPSA) is 27.7 Å². The first kappa shape index (κ1) is 26.7. The van der Waals surface area contributed by atoms with E-state index in [1.54, 1.807) is 0 Å². The van der Waals surface area contributed by atoms with Gasteiger partial charge in [0.15, 0.2) is 0 Å². The number of likely N-dealkylation sites (N-methyl/N-ethyl adjacent to an activating group) is 1. The maximum atomic E-state index is 5.92. The summed E-state index contributed by atoms with van der Waals surface area (Å²) >= 11 is 0. The Balaban J connectivity index is 1.59. The van der Waals surface area contributed by atoms with Crippen LogP contribution in [0.3, 0.4) is 0 Å². The Kier molecular flexibility index (Phi) is 12.8. The molecular formula is C28H48NO3+. The van der Waals surface area contributed by atoms with Crippen molar-refractivity contribution in [1.29, 1.82) is 0 Å². The highest BCUT2D eigenvalue weighted by Gasteiger charge is 2.37. The number of hydrogen-bond acceptors (Lipinski definition) is 3. The summed E-state index contributed by atoms with van der Waals surface area (Å²) in [4.78, 5) is 0. The molecule has 2 unspecified atom stereocenters. The van der Waals surface area contributed by atoms with Gasteiger partial charge in [-0.05, 0) is 50.3 Å². The molecule has 4 nitrogen and oxygen atoms in total. The molecule has 1 aromatic rings. The number of aryl methyl sites for hydroxylation is 1. The van der Waals surface area contributed by atoms with E-state index < -0.39 is 0 Å². The van der Waals surface area contributed by atoms with E-state index in [1.165, 1.54) is 69.9 Å². The second-order valence-corrected chi connectivity index (χ2v) is 9.46. The minimum absolute atomic E-state index is 0.387. The third-order valence-corrected chi connectivity index (χ3v) is 6.84. The van der Waals surface area contributed by atoms with E-state index in [-0.39, 0.29) is 0 Å². The molecule has 0 saturated carbocycles. The van der Waals surface area contributed by atoms with Gasteiger partial charge in [-0.3, -0.25) is 0 Å². The van der Waals surface area contributed by atoms with Crippen LogP contribution in [-0.2, 0) is 15.9 Å². The lowest BCUT2D eigenvalue weighted by molar-refractivity contribution is -0.934. The van der Waals surface area contributed by atoms with Gasteiger partial charge < -0.3 is 18.7 Å². The van der Waals surface area contributed by atoms with Crippen LogP contribution in [0.1, 0.15) is 77.2 Å². The van der Waals surface area contributed by atoms with Crippen LogP contribution >= 0.6 is 0 Å². The fraction of sp³-hybridized carbons (Fsp3) is 0.714. The summed E-state index contributed by atoms with van der Waals surface area (Å²) in [5, 5.41) is 0. The molecule has 0 aliphatic carbocycles. The zero-order chi connectivity index (χ0) is 23.1. The number of unbranched alkanes of at least 4 members (excludes halogenated alkanes) is 5. The van der Waals surface area contributed by atoms with Crippen LogP contribution in [0, 0.1) is 0 Å². The second kappa shape index (κ2) is 15.3. The standard InChI is InChI=1S/C28H48NO3/c1-5-7-8-9-10-11-14-26-16-18-27(19-17-26)32-24-23-30-22-21-29(4)20-13-12-15-28(29)25(3)31-6-2/h16-19,28H,3,5-15,20-24H2,1-2,4H3/q+1. The Hall–Kier alpha value is -1.52. The van der Waals surface area contributed by atoms with E-state index >= 15 is 0 Å². The lowest BCUT2D eigenvalue weighted by atomic mass is 9.98. The maximum absolute atomic E-state index is 5.92. The van der Waals surface area contributed by atoms with Crippen LogP contribution in [0.5, 0.6) is 5.75 Å². The minimum atomic E-state index is 0.387. The molecule has 2 atom stereocenters. The van der Waals surface area contributed by atoms with Crippen molar-refractivity contribution in [2.24, 2.45) is 0 Å². The summed E-state index contributed by atoms with van der Waals surface area (Å²) < 4.78 is 18.5. The Labute approximate surface area is 197 Å². The van der Waals surface area contributed by atoms with E-state index in [1.807, 2.05) is 6.92 Å². The SMILES string of the molecule is C=C(OCC)C1CCCC[N+]1(C)CCOCCOc1ccc(CCCCCCCC)cc1. The first-order chi connectivity index (χ1) is 15.6. The van der Waals surface area contributed by atoms with Gasteiger partial charge in [-0.25, -0.2) is 0 Å². The van der Waals surface area contributed by atoms with Crippen LogP contribution in [0.4, 0.5) is 0 Å². The van der Waals surface area contributed by atoms with Crippen molar-refractivity contribution < 1.29 is 18.7 Å². The van der Waals surface area contributed by atoms with Crippen molar-refractivity contribution >= 4 is 0 Å². The number of ether oxygens (including phenoxy) is 3. The lowest BCUT2D eigenvalue weighted by Gasteiger charge is -2.45. The van der Waals surface area contributed by atoms with E-state index in [2.05, 4.69) is 44.8 Å². The Morgan fingerprint density at radius 1 is 0.969 bits per heavy atom. The van der Waals surface area contributed by atoms with Gasteiger partial charge >= 0.3 is 0 Å². The summed E-state index contributed by atoms with van der Waals surface area (Å²) in [6.45, 7) is 13.3. The van der Waals surface area contributed by atoms with Gasteiger partial charge in [0.1, 0.15) is 30.7 Å². The van der Waals surface area contributed by atoms with E-state index in [4.69, 9.17) is 14.2 Å². The molecule has 1 saturated heterocycles. The molecule has 182 valence electrons.